The third kappa shape index (κ3) is 2.42. The Balaban J connectivity index is 2.20. The lowest BCUT2D eigenvalue weighted by Crippen LogP contribution is -2.45. The van der Waals surface area contributed by atoms with Gasteiger partial charge in [-0.25, -0.2) is 4.79 Å². The molecule has 4 heteroatoms. The van der Waals surface area contributed by atoms with Crippen LogP contribution in [-0.2, 0) is 14.3 Å². The highest BCUT2D eigenvalue weighted by atomic mass is 16.6. The van der Waals surface area contributed by atoms with Gasteiger partial charge in [-0.3, -0.25) is 4.79 Å². The number of rotatable bonds is 2. The molecule has 0 radical (unpaired) electrons. The predicted octanol–water partition coefficient (Wildman–Crippen LogP) is 2.82. The minimum absolute atomic E-state index is 0.113. The van der Waals surface area contributed by atoms with Crippen molar-refractivity contribution in [3.8, 4) is 0 Å². The number of ketones is 1. The summed E-state index contributed by atoms with van der Waals surface area (Å²) in [5.74, 6) is -0.989. The number of allylic oxidation sites excluding steroid dienone is 1. The van der Waals surface area contributed by atoms with Crippen LogP contribution < -0.4 is 0 Å². The highest BCUT2D eigenvalue weighted by molar-refractivity contribution is 6.19. The van der Waals surface area contributed by atoms with Gasteiger partial charge >= 0.3 is 5.97 Å². The first kappa shape index (κ1) is 13.1. The number of Topliss-reactive ketones (excluding diaryl/α,β-unsaturated/α-hetero) is 1. The molecule has 18 heavy (non-hydrogen) atoms. The zero-order valence-corrected chi connectivity index (χ0v) is 10.8. The Morgan fingerprint density at radius 3 is 2.50 bits per heavy atom. The molecule has 0 aromatic carbocycles. The van der Waals surface area contributed by atoms with Crippen LogP contribution in [0.25, 0.3) is 0 Å². The first-order chi connectivity index (χ1) is 8.58. The van der Waals surface area contributed by atoms with Crippen molar-refractivity contribution in [1.29, 1.82) is 0 Å². The molecule has 0 aromatic heterocycles. The number of carbonyl (C=O) groups is 2. The topological polar surface area (TPSA) is 63.6 Å². The smallest absolute Gasteiger partial charge is 0.345 e. The standard InChI is InChI=1S/C14H20O4/c1-2-6-10(15)12-11(16)9-14(18-13(12)17)7-4-3-5-8-14/h15H,2-9H2,1H3/b12-10-. The normalized spacial score (nSPS) is 26.1. The van der Waals surface area contributed by atoms with Crippen LogP contribution in [0, 0.1) is 0 Å². The lowest BCUT2D eigenvalue weighted by atomic mass is 9.78. The minimum Gasteiger partial charge on any atom is -0.511 e. The van der Waals surface area contributed by atoms with Gasteiger partial charge in [-0.1, -0.05) is 13.3 Å². The molecule has 0 amide bonds. The fourth-order valence-electron chi connectivity index (χ4n) is 2.89. The van der Waals surface area contributed by atoms with Gasteiger partial charge in [-0.15, -0.1) is 0 Å². The minimum atomic E-state index is -0.626. The fraction of sp³-hybridized carbons (Fsp3) is 0.714. The van der Waals surface area contributed by atoms with Crippen molar-refractivity contribution in [1.82, 2.24) is 0 Å². The number of aliphatic hydroxyl groups excluding tert-OH is 1. The van der Waals surface area contributed by atoms with Crippen molar-refractivity contribution >= 4 is 11.8 Å². The van der Waals surface area contributed by atoms with Gasteiger partial charge in [0.05, 0.1) is 6.42 Å². The van der Waals surface area contributed by atoms with Crippen LogP contribution in [-0.4, -0.2) is 22.5 Å². The maximum atomic E-state index is 12.1. The van der Waals surface area contributed by atoms with E-state index in [0.717, 1.165) is 32.1 Å². The van der Waals surface area contributed by atoms with E-state index in [2.05, 4.69) is 0 Å². The molecule has 1 N–H and O–H groups in total. The Kier molecular flexibility index (Phi) is 3.73. The van der Waals surface area contributed by atoms with Gasteiger partial charge in [-0.2, -0.15) is 0 Å². The maximum absolute atomic E-state index is 12.1. The highest BCUT2D eigenvalue weighted by Gasteiger charge is 2.45. The van der Waals surface area contributed by atoms with Crippen LogP contribution in [0.4, 0.5) is 0 Å². The molecule has 1 saturated heterocycles. The molecule has 0 unspecified atom stereocenters. The molecule has 1 aliphatic heterocycles. The van der Waals surface area contributed by atoms with Gasteiger partial charge in [0.25, 0.3) is 0 Å². The van der Waals surface area contributed by atoms with Crippen LogP contribution in [0.5, 0.6) is 0 Å². The molecule has 1 heterocycles. The quantitative estimate of drug-likeness (QED) is 0.355. The molecule has 2 rings (SSSR count). The molecular formula is C14H20O4. The monoisotopic (exact) mass is 252 g/mol. The number of ether oxygens (including phenoxy) is 1. The average Bonchev–Trinajstić information content (AvgIpc) is 2.28. The van der Waals surface area contributed by atoms with Gasteiger partial charge in [0.2, 0.25) is 0 Å². The molecule has 0 bridgehead atoms. The molecule has 4 nitrogen and oxygen atoms in total. The van der Waals surface area contributed by atoms with E-state index < -0.39 is 11.6 Å². The second-order valence-corrected chi connectivity index (χ2v) is 5.30. The molecule has 0 atom stereocenters. The lowest BCUT2D eigenvalue weighted by Gasteiger charge is -2.39. The molecule has 1 aliphatic carbocycles. The average molecular weight is 252 g/mol. The zero-order chi connectivity index (χ0) is 13.2. The van der Waals surface area contributed by atoms with Crippen LogP contribution >= 0.6 is 0 Å². The summed E-state index contributed by atoms with van der Waals surface area (Å²) >= 11 is 0. The molecule has 1 spiro atoms. The largest absolute Gasteiger partial charge is 0.511 e. The SMILES string of the molecule is CCC/C(O)=C1\C(=O)CC2(CCCCC2)OC1=O. The Labute approximate surface area is 107 Å². The summed E-state index contributed by atoms with van der Waals surface area (Å²) in [7, 11) is 0. The van der Waals surface area contributed by atoms with Crippen molar-refractivity contribution in [2.24, 2.45) is 0 Å². The number of aliphatic hydroxyl groups is 1. The summed E-state index contributed by atoms with van der Waals surface area (Å²) in [6, 6.07) is 0. The number of hydrogen-bond acceptors (Lipinski definition) is 4. The molecule has 2 fully saturated rings. The van der Waals surface area contributed by atoms with Crippen molar-refractivity contribution in [3.63, 3.8) is 0 Å². The first-order valence-corrected chi connectivity index (χ1v) is 6.76. The Bertz CT molecular complexity index is 367. The summed E-state index contributed by atoms with van der Waals surface area (Å²) in [6.07, 6.45) is 5.96. The molecule has 0 aromatic rings. The van der Waals surface area contributed by atoms with Crippen LogP contribution in [0.15, 0.2) is 11.3 Å². The van der Waals surface area contributed by atoms with E-state index in [9.17, 15) is 14.7 Å². The van der Waals surface area contributed by atoms with Crippen LogP contribution in [0.2, 0.25) is 0 Å². The number of esters is 1. The van der Waals surface area contributed by atoms with Crippen LogP contribution in [0.1, 0.15) is 58.3 Å². The third-order valence-electron chi connectivity index (χ3n) is 3.82. The van der Waals surface area contributed by atoms with Crippen molar-refractivity contribution in [2.75, 3.05) is 0 Å². The summed E-state index contributed by atoms with van der Waals surface area (Å²) in [5.41, 5.74) is -0.698. The highest BCUT2D eigenvalue weighted by Crippen LogP contribution is 2.39. The van der Waals surface area contributed by atoms with Crippen molar-refractivity contribution in [3.05, 3.63) is 11.3 Å². The lowest BCUT2D eigenvalue weighted by molar-refractivity contribution is -0.167. The van der Waals surface area contributed by atoms with E-state index >= 15 is 0 Å². The molecule has 1 saturated carbocycles. The fourth-order valence-corrected chi connectivity index (χ4v) is 2.89. The Morgan fingerprint density at radius 1 is 1.28 bits per heavy atom. The van der Waals surface area contributed by atoms with E-state index in [1.54, 1.807) is 0 Å². The number of carbonyl (C=O) groups excluding carboxylic acids is 2. The van der Waals surface area contributed by atoms with Crippen molar-refractivity contribution in [2.45, 2.75) is 63.9 Å². The Hall–Kier alpha value is -1.32. The molecule has 2 aliphatic rings. The summed E-state index contributed by atoms with van der Waals surface area (Å²) < 4.78 is 5.49. The van der Waals surface area contributed by atoms with Gasteiger partial charge < -0.3 is 9.84 Å². The number of hydrogen-bond donors (Lipinski definition) is 1. The maximum Gasteiger partial charge on any atom is 0.345 e. The summed E-state index contributed by atoms with van der Waals surface area (Å²) in [5, 5.41) is 9.76. The second-order valence-electron chi connectivity index (χ2n) is 5.30. The molecular weight excluding hydrogens is 232 g/mol. The van der Waals surface area contributed by atoms with Gasteiger partial charge in [0, 0.05) is 6.42 Å². The van der Waals surface area contributed by atoms with E-state index in [1.807, 2.05) is 6.92 Å². The third-order valence-corrected chi connectivity index (χ3v) is 3.82. The first-order valence-electron chi connectivity index (χ1n) is 6.76. The van der Waals surface area contributed by atoms with E-state index in [4.69, 9.17) is 4.74 Å². The van der Waals surface area contributed by atoms with E-state index in [1.165, 1.54) is 0 Å². The predicted molar refractivity (Wildman–Crippen MR) is 66.1 cm³/mol. The van der Waals surface area contributed by atoms with Gasteiger partial charge in [0.1, 0.15) is 16.9 Å². The van der Waals surface area contributed by atoms with E-state index in [-0.39, 0.29) is 23.5 Å². The zero-order valence-electron chi connectivity index (χ0n) is 10.8. The molecule has 100 valence electrons. The van der Waals surface area contributed by atoms with Gasteiger partial charge in [0.15, 0.2) is 5.78 Å². The van der Waals surface area contributed by atoms with Crippen molar-refractivity contribution < 1.29 is 19.4 Å². The Morgan fingerprint density at radius 2 is 1.94 bits per heavy atom. The summed E-state index contributed by atoms with van der Waals surface area (Å²) in [6.45, 7) is 1.89. The summed E-state index contributed by atoms with van der Waals surface area (Å²) in [4.78, 5) is 24.0. The second kappa shape index (κ2) is 5.12. The van der Waals surface area contributed by atoms with E-state index in [0.29, 0.717) is 12.8 Å². The van der Waals surface area contributed by atoms with Gasteiger partial charge in [-0.05, 0) is 32.1 Å². The van der Waals surface area contributed by atoms with Crippen LogP contribution in [0.3, 0.4) is 0 Å².